The predicted molar refractivity (Wildman–Crippen MR) is 116 cm³/mol. The lowest BCUT2D eigenvalue weighted by Crippen LogP contribution is -2.07. The van der Waals surface area contributed by atoms with Crippen LogP contribution in [-0.2, 0) is 17.8 Å². The predicted octanol–water partition coefficient (Wildman–Crippen LogP) is 4.86. The maximum atomic E-state index is 6.16. The lowest BCUT2D eigenvalue weighted by atomic mass is 10.1. The van der Waals surface area contributed by atoms with Crippen molar-refractivity contribution in [2.24, 2.45) is 5.16 Å². The molecular weight excluding hydrogens is 386 g/mol. The van der Waals surface area contributed by atoms with Gasteiger partial charge >= 0.3 is 0 Å². The molecule has 6 nitrogen and oxygen atoms in total. The molecule has 0 atom stereocenters. The topological polar surface area (TPSA) is 57.2 Å². The lowest BCUT2D eigenvalue weighted by Gasteiger charge is -2.09. The monoisotopic (exact) mass is 407 g/mol. The summed E-state index contributed by atoms with van der Waals surface area (Å²) in [5, 5.41) is 9.19. The van der Waals surface area contributed by atoms with Crippen LogP contribution in [-0.4, -0.2) is 32.2 Å². The number of oxime groups is 1. The van der Waals surface area contributed by atoms with Gasteiger partial charge in [-0.15, -0.1) is 0 Å². The molecule has 0 bridgehead atoms. The van der Waals surface area contributed by atoms with Gasteiger partial charge < -0.3 is 9.40 Å². The van der Waals surface area contributed by atoms with Gasteiger partial charge in [-0.25, -0.2) is 9.67 Å². The van der Waals surface area contributed by atoms with Crippen LogP contribution in [0, 0.1) is 0 Å². The Kier molecular flexibility index (Phi) is 5.36. The number of aryl methyl sites for hydroxylation is 1. The molecule has 0 radical (unpaired) electrons. The molecule has 2 heterocycles. The third-order valence-corrected chi connectivity index (χ3v) is 5.14. The molecule has 0 aliphatic carbocycles. The molecule has 0 fully saturated rings. The molecule has 148 valence electrons. The van der Waals surface area contributed by atoms with Crippen LogP contribution in [0.2, 0.25) is 5.02 Å². The molecule has 0 unspecified atom stereocenters. The fraction of sp³-hybridized carbons (Fsp3) is 0.227. The van der Waals surface area contributed by atoms with Gasteiger partial charge in [-0.05, 0) is 50.2 Å². The zero-order chi connectivity index (χ0) is 20.4. The minimum atomic E-state index is 0.662. The van der Waals surface area contributed by atoms with Crippen LogP contribution in [0.3, 0.4) is 0 Å². The first-order chi connectivity index (χ1) is 14.1. The number of halogens is 1. The molecule has 0 spiro atoms. The van der Waals surface area contributed by atoms with Crippen molar-refractivity contribution in [1.29, 1.82) is 0 Å². The standard InChI is InChI=1S/C22H22ClN5O/c1-4-27-21-9-8-16(15(2)26-29-3)12-20(21)25-22(27)14-19-10-11-24-28(19)18-7-5-6-17(23)13-18/h5-13H,4,14H2,1-3H3. The quantitative estimate of drug-likeness (QED) is 0.339. The summed E-state index contributed by atoms with van der Waals surface area (Å²) in [6.07, 6.45) is 2.47. The highest BCUT2D eigenvalue weighted by molar-refractivity contribution is 6.30. The summed E-state index contributed by atoms with van der Waals surface area (Å²) in [4.78, 5) is 9.81. The molecule has 7 heteroatoms. The molecule has 0 aliphatic heterocycles. The van der Waals surface area contributed by atoms with Crippen LogP contribution in [0.15, 0.2) is 59.9 Å². The third-order valence-electron chi connectivity index (χ3n) is 4.90. The summed E-state index contributed by atoms with van der Waals surface area (Å²) in [5.41, 5.74) is 5.85. The summed E-state index contributed by atoms with van der Waals surface area (Å²) in [6.45, 7) is 4.89. The van der Waals surface area contributed by atoms with Crippen LogP contribution >= 0.6 is 11.6 Å². The highest BCUT2D eigenvalue weighted by Crippen LogP contribution is 2.22. The Balaban J connectivity index is 1.74. The minimum Gasteiger partial charge on any atom is -0.399 e. The van der Waals surface area contributed by atoms with Gasteiger partial charge in [0.1, 0.15) is 12.9 Å². The van der Waals surface area contributed by atoms with E-state index in [1.165, 1.54) is 0 Å². The van der Waals surface area contributed by atoms with E-state index in [0.717, 1.165) is 46.1 Å². The van der Waals surface area contributed by atoms with Gasteiger partial charge in [-0.2, -0.15) is 5.10 Å². The van der Waals surface area contributed by atoms with Crippen LogP contribution in [0.25, 0.3) is 16.7 Å². The normalized spacial score (nSPS) is 11.9. The zero-order valence-electron chi connectivity index (χ0n) is 16.6. The molecule has 4 rings (SSSR count). The van der Waals surface area contributed by atoms with Crippen molar-refractivity contribution in [3.8, 4) is 5.69 Å². The summed E-state index contributed by atoms with van der Waals surface area (Å²) < 4.78 is 4.14. The molecule has 0 aliphatic rings. The maximum Gasteiger partial charge on any atom is 0.115 e. The first kappa shape index (κ1) is 19.2. The summed E-state index contributed by atoms with van der Waals surface area (Å²) in [5.74, 6) is 0.991. The average molecular weight is 408 g/mol. The van der Waals surface area contributed by atoms with Gasteiger partial charge in [-0.1, -0.05) is 28.9 Å². The van der Waals surface area contributed by atoms with Crippen molar-refractivity contribution in [2.75, 3.05) is 7.11 Å². The number of imidazole rings is 1. The van der Waals surface area contributed by atoms with Crippen molar-refractivity contribution in [2.45, 2.75) is 26.8 Å². The first-order valence-electron chi connectivity index (χ1n) is 9.47. The number of nitrogens with zero attached hydrogens (tertiary/aromatic N) is 5. The van der Waals surface area contributed by atoms with Gasteiger partial charge in [0.2, 0.25) is 0 Å². The van der Waals surface area contributed by atoms with E-state index in [2.05, 4.69) is 33.9 Å². The minimum absolute atomic E-state index is 0.662. The largest absolute Gasteiger partial charge is 0.399 e. The fourth-order valence-electron chi connectivity index (χ4n) is 3.55. The van der Waals surface area contributed by atoms with Crippen LogP contribution in [0.5, 0.6) is 0 Å². The van der Waals surface area contributed by atoms with E-state index in [1.54, 1.807) is 13.3 Å². The molecule has 2 aromatic heterocycles. The Labute approximate surface area is 174 Å². The Morgan fingerprint density at radius 2 is 2.03 bits per heavy atom. The van der Waals surface area contributed by atoms with Crippen LogP contribution < -0.4 is 0 Å². The summed E-state index contributed by atoms with van der Waals surface area (Å²) in [6, 6.07) is 15.9. The van der Waals surface area contributed by atoms with Crippen LogP contribution in [0.4, 0.5) is 0 Å². The third kappa shape index (κ3) is 3.76. The SMILES string of the molecule is CCn1c(Cc2ccnn2-c2cccc(Cl)c2)nc2cc(C(C)=NOC)ccc21. The van der Waals surface area contributed by atoms with Gasteiger partial charge in [0, 0.05) is 29.7 Å². The fourth-order valence-corrected chi connectivity index (χ4v) is 3.73. The number of fused-ring (bicyclic) bond motifs is 1. The van der Waals surface area contributed by atoms with Crippen molar-refractivity contribution in [1.82, 2.24) is 19.3 Å². The van der Waals surface area contributed by atoms with Crippen molar-refractivity contribution in [3.05, 3.63) is 76.8 Å². The van der Waals surface area contributed by atoms with E-state index in [0.29, 0.717) is 11.4 Å². The van der Waals surface area contributed by atoms with Gasteiger partial charge in [-0.3, -0.25) is 0 Å². The van der Waals surface area contributed by atoms with E-state index in [9.17, 15) is 0 Å². The summed E-state index contributed by atoms with van der Waals surface area (Å²) >= 11 is 6.16. The Hall–Kier alpha value is -3.12. The highest BCUT2D eigenvalue weighted by Gasteiger charge is 2.14. The van der Waals surface area contributed by atoms with Gasteiger partial charge in [0.05, 0.1) is 28.1 Å². The highest BCUT2D eigenvalue weighted by atomic mass is 35.5. The summed E-state index contributed by atoms with van der Waals surface area (Å²) in [7, 11) is 1.55. The molecular formula is C22H22ClN5O. The molecule has 0 amide bonds. The number of rotatable bonds is 6. The lowest BCUT2D eigenvalue weighted by molar-refractivity contribution is 0.213. The molecule has 0 saturated heterocycles. The Morgan fingerprint density at radius 1 is 1.17 bits per heavy atom. The zero-order valence-corrected chi connectivity index (χ0v) is 17.4. The molecule has 0 N–H and O–H groups in total. The number of aromatic nitrogens is 4. The molecule has 2 aromatic carbocycles. The number of hydrogen-bond acceptors (Lipinski definition) is 4. The van der Waals surface area contributed by atoms with E-state index in [4.69, 9.17) is 21.4 Å². The van der Waals surface area contributed by atoms with Gasteiger partial charge in [0.15, 0.2) is 0 Å². The molecule has 0 saturated carbocycles. The van der Waals surface area contributed by atoms with Crippen molar-refractivity contribution in [3.63, 3.8) is 0 Å². The van der Waals surface area contributed by atoms with E-state index >= 15 is 0 Å². The van der Waals surface area contributed by atoms with E-state index in [-0.39, 0.29) is 0 Å². The van der Waals surface area contributed by atoms with Crippen LogP contribution in [0.1, 0.15) is 30.9 Å². The average Bonchev–Trinajstić information content (AvgIpc) is 3.31. The van der Waals surface area contributed by atoms with Crippen molar-refractivity contribution < 1.29 is 4.84 Å². The first-order valence-corrected chi connectivity index (χ1v) is 9.84. The van der Waals surface area contributed by atoms with Crippen molar-refractivity contribution >= 4 is 28.3 Å². The molecule has 4 aromatic rings. The maximum absolute atomic E-state index is 6.16. The second kappa shape index (κ2) is 8.09. The molecule has 29 heavy (non-hydrogen) atoms. The van der Waals surface area contributed by atoms with E-state index in [1.807, 2.05) is 48.0 Å². The second-order valence-electron chi connectivity index (χ2n) is 6.73. The van der Waals surface area contributed by atoms with Gasteiger partial charge in [0.25, 0.3) is 0 Å². The second-order valence-corrected chi connectivity index (χ2v) is 7.16. The van der Waals surface area contributed by atoms with E-state index < -0.39 is 0 Å². The number of hydrogen-bond donors (Lipinski definition) is 0. The number of benzene rings is 2. The Morgan fingerprint density at radius 3 is 2.79 bits per heavy atom. The smallest absolute Gasteiger partial charge is 0.115 e. The Bertz CT molecular complexity index is 1190.